The maximum atomic E-state index is 9.48. The van der Waals surface area contributed by atoms with Gasteiger partial charge >= 0.3 is 0 Å². The van der Waals surface area contributed by atoms with E-state index in [4.69, 9.17) is 10.2 Å². The van der Waals surface area contributed by atoms with E-state index >= 15 is 0 Å². The third kappa shape index (κ3) is 14.8. The molecule has 0 radical (unpaired) electrons. The molecule has 6 heteroatoms. The molecule has 0 unspecified atom stereocenters. The van der Waals surface area contributed by atoms with Gasteiger partial charge in [-0.05, 0) is 79.0 Å². The van der Waals surface area contributed by atoms with Gasteiger partial charge in [-0.25, -0.2) is 0 Å². The summed E-state index contributed by atoms with van der Waals surface area (Å²) in [4.78, 5) is 19.0. The Hall–Kier alpha value is -2.90. The van der Waals surface area contributed by atoms with Gasteiger partial charge in [0.05, 0.1) is 13.2 Å². The lowest BCUT2D eigenvalue weighted by Crippen LogP contribution is -2.17. The van der Waals surface area contributed by atoms with Gasteiger partial charge in [0, 0.05) is 30.3 Å². The minimum atomic E-state index is -0.233. The van der Waals surface area contributed by atoms with E-state index in [2.05, 4.69) is 68.6 Å². The van der Waals surface area contributed by atoms with Crippen LogP contribution in [0.1, 0.15) is 81.8 Å². The summed E-state index contributed by atoms with van der Waals surface area (Å²) in [5.41, 5.74) is 5.99. The number of rotatable bonds is 15. The van der Waals surface area contributed by atoms with Gasteiger partial charge in [0.2, 0.25) is 0 Å². The van der Waals surface area contributed by atoms with Crippen LogP contribution < -0.4 is 0 Å². The second kappa shape index (κ2) is 22.7. The minimum absolute atomic E-state index is 0.0701. The van der Waals surface area contributed by atoms with Crippen molar-refractivity contribution in [3.63, 3.8) is 0 Å². The van der Waals surface area contributed by atoms with Gasteiger partial charge < -0.3 is 20.4 Å². The van der Waals surface area contributed by atoms with Crippen molar-refractivity contribution in [2.45, 2.75) is 77.0 Å². The van der Waals surface area contributed by atoms with E-state index in [0.717, 1.165) is 18.8 Å². The van der Waals surface area contributed by atoms with E-state index < -0.39 is 0 Å². The molecule has 1 aliphatic carbocycles. The Morgan fingerprint density at radius 1 is 0.786 bits per heavy atom. The molecule has 0 spiro atoms. The first-order chi connectivity index (χ1) is 20.3. The van der Waals surface area contributed by atoms with Crippen molar-refractivity contribution in [1.82, 2.24) is 0 Å². The third-order valence-electron chi connectivity index (χ3n) is 7.82. The zero-order valence-corrected chi connectivity index (χ0v) is 25.4. The van der Waals surface area contributed by atoms with Crippen molar-refractivity contribution in [1.29, 1.82) is 0 Å². The SMILES string of the molecule is C=C(C=O)CO.C=C(C=O)CO.CCCCCc1ccc(-c2ccc(C3CCC(CCC(CO)CO)CC3)cc2)cc1. The van der Waals surface area contributed by atoms with Crippen molar-refractivity contribution < 1.29 is 30.0 Å². The van der Waals surface area contributed by atoms with Crippen LogP contribution in [0, 0.1) is 11.8 Å². The summed E-state index contributed by atoms with van der Waals surface area (Å²) < 4.78 is 0. The lowest BCUT2D eigenvalue weighted by atomic mass is 9.76. The molecule has 0 bridgehead atoms. The number of hydrogen-bond donors (Lipinski definition) is 4. The van der Waals surface area contributed by atoms with Gasteiger partial charge in [-0.1, -0.05) is 87.9 Å². The molecule has 0 atom stereocenters. The van der Waals surface area contributed by atoms with E-state index in [1.165, 1.54) is 73.6 Å². The monoisotopic (exact) mass is 580 g/mol. The number of carbonyl (C=O) groups is 2. The highest BCUT2D eigenvalue weighted by Crippen LogP contribution is 2.38. The van der Waals surface area contributed by atoms with Crippen LogP contribution in [0.15, 0.2) is 72.8 Å². The number of carbonyl (C=O) groups excluding carboxylic acids is 2. The molecular weight excluding hydrogens is 528 g/mol. The van der Waals surface area contributed by atoms with Gasteiger partial charge in [-0.15, -0.1) is 0 Å². The Morgan fingerprint density at radius 2 is 1.29 bits per heavy atom. The van der Waals surface area contributed by atoms with Crippen molar-refractivity contribution in [2.75, 3.05) is 26.4 Å². The van der Waals surface area contributed by atoms with Crippen molar-refractivity contribution in [3.05, 3.63) is 84.0 Å². The number of hydrogen-bond acceptors (Lipinski definition) is 6. The number of unbranched alkanes of at least 4 members (excludes halogenated alkanes) is 2. The quantitative estimate of drug-likeness (QED) is 0.113. The predicted octanol–water partition coefficient (Wildman–Crippen LogP) is 6.21. The van der Waals surface area contributed by atoms with Gasteiger partial charge in [0.1, 0.15) is 12.6 Å². The molecule has 1 saturated carbocycles. The molecular formula is C36H52O6. The molecule has 2 aromatic rings. The second-order valence-corrected chi connectivity index (χ2v) is 11.2. The summed E-state index contributed by atoms with van der Waals surface area (Å²) in [5, 5.41) is 34.5. The summed E-state index contributed by atoms with van der Waals surface area (Å²) in [6, 6.07) is 18.4. The van der Waals surface area contributed by atoms with Crippen LogP contribution in [0.3, 0.4) is 0 Å². The topological polar surface area (TPSA) is 115 Å². The van der Waals surface area contributed by atoms with Crippen LogP contribution >= 0.6 is 0 Å². The molecule has 0 amide bonds. The molecule has 42 heavy (non-hydrogen) atoms. The van der Waals surface area contributed by atoms with E-state index in [1.807, 2.05) is 0 Å². The van der Waals surface area contributed by atoms with Crippen LogP contribution in [0.25, 0.3) is 11.1 Å². The van der Waals surface area contributed by atoms with Crippen LogP contribution in [-0.4, -0.2) is 59.4 Å². The van der Waals surface area contributed by atoms with Crippen molar-refractivity contribution >= 4 is 12.6 Å². The van der Waals surface area contributed by atoms with Gasteiger partial charge in [-0.2, -0.15) is 0 Å². The fourth-order valence-electron chi connectivity index (χ4n) is 4.96. The summed E-state index contributed by atoms with van der Waals surface area (Å²) in [5.74, 6) is 1.51. The van der Waals surface area contributed by atoms with Gasteiger partial charge in [0.25, 0.3) is 0 Å². The summed E-state index contributed by atoms with van der Waals surface area (Å²) in [6.45, 7) is 8.36. The number of aliphatic hydroxyl groups excluding tert-OH is 4. The van der Waals surface area contributed by atoms with Gasteiger partial charge in [0.15, 0.2) is 0 Å². The molecule has 0 heterocycles. The van der Waals surface area contributed by atoms with Crippen molar-refractivity contribution in [2.24, 2.45) is 11.8 Å². The standard InChI is InChI=1S/C28H40O2.2C4H6O2/c1-2-3-4-5-22-8-12-25(13-9-22)27-16-18-28(19-17-27)26-14-10-23(11-15-26)6-7-24(20-29)21-30;2*1-4(2-5)3-6/h8-9,12-13,16-19,23-24,26,29-30H,2-7,10-11,14-15,20-21H2,1H3;2*2,6H,1,3H2. The van der Waals surface area contributed by atoms with Crippen LogP contribution in [0.4, 0.5) is 0 Å². The molecule has 0 aromatic heterocycles. The molecule has 2 aromatic carbocycles. The normalized spacial score (nSPS) is 16.0. The molecule has 0 aliphatic heterocycles. The molecule has 6 nitrogen and oxygen atoms in total. The lowest BCUT2D eigenvalue weighted by molar-refractivity contribution is -0.106. The number of aldehydes is 2. The first-order valence-electron chi connectivity index (χ1n) is 15.2. The maximum Gasteiger partial charge on any atom is 0.147 e. The Morgan fingerprint density at radius 3 is 1.69 bits per heavy atom. The maximum absolute atomic E-state index is 9.48. The summed E-state index contributed by atoms with van der Waals surface area (Å²) in [7, 11) is 0. The fourth-order valence-corrected chi connectivity index (χ4v) is 4.96. The Balaban J connectivity index is 0.000000618. The van der Waals surface area contributed by atoms with Crippen LogP contribution in [-0.2, 0) is 16.0 Å². The summed E-state index contributed by atoms with van der Waals surface area (Å²) in [6.07, 6.45) is 13.3. The zero-order valence-electron chi connectivity index (χ0n) is 25.4. The van der Waals surface area contributed by atoms with Crippen LogP contribution in [0.2, 0.25) is 0 Å². The first kappa shape index (κ1) is 37.1. The lowest BCUT2D eigenvalue weighted by Gasteiger charge is -2.29. The minimum Gasteiger partial charge on any atom is -0.396 e. The van der Waals surface area contributed by atoms with E-state index in [1.54, 1.807) is 0 Å². The molecule has 0 saturated heterocycles. The third-order valence-corrected chi connectivity index (χ3v) is 7.82. The summed E-state index contributed by atoms with van der Waals surface area (Å²) >= 11 is 0. The average molecular weight is 581 g/mol. The largest absolute Gasteiger partial charge is 0.396 e. The zero-order chi connectivity index (χ0) is 31.2. The smallest absolute Gasteiger partial charge is 0.147 e. The number of aliphatic hydroxyl groups is 4. The van der Waals surface area contributed by atoms with Crippen LogP contribution in [0.5, 0.6) is 0 Å². The Kier molecular flexibility index (Phi) is 20.0. The average Bonchev–Trinajstić information content (AvgIpc) is 3.06. The van der Waals surface area contributed by atoms with E-state index in [0.29, 0.717) is 18.5 Å². The fraction of sp³-hybridized carbons (Fsp3) is 0.500. The highest BCUT2D eigenvalue weighted by atomic mass is 16.3. The molecule has 1 fully saturated rings. The highest BCUT2D eigenvalue weighted by Gasteiger charge is 2.23. The Bertz CT molecular complexity index is 996. The molecule has 1 aliphatic rings. The van der Waals surface area contributed by atoms with E-state index in [9.17, 15) is 19.8 Å². The second-order valence-electron chi connectivity index (χ2n) is 11.2. The predicted molar refractivity (Wildman–Crippen MR) is 171 cm³/mol. The number of benzene rings is 2. The molecule has 4 N–H and O–H groups in total. The number of aryl methyl sites for hydroxylation is 1. The van der Waals surface area contributed by atoms with Gasteiger partial charge in [-0.3, -0.25) is 9.59 Å². The first-order valence-corrected chi connectivity index (χ1v) is 15.2. The highest BCUT2D eigenvalue weighted by molar-refractivity contribution is 5.72. The molecule has 3 rings (SSSR count). The molecule has 232 valence electrons. The van der Waals surface area contributed by atoms with Crippen molar-refractivity contribution in [3.8, 4) is 11.1 Å². The van der Waals surface area contributed by atoms with E-state index in [-0.39, 0.29) is 43.5 Å². The Labute approximate surface area is 252 Å².